The van der Waals surface area contributed by atoms with E-state index in [9.17, 15) is 9.59 Å². The maximum Gasteiger partial charge on any atom is 0.269 e. The molecule has 1 saturated heterocycles. The number of benzene rings is 2. The summed E-state index contributed by atoms with van der Waals surface area (Å²) in [6.45, 7) is 6.03. The van der Waals surface area contributed by atoms with Crippen molar-refractivity contribution in [2.45, 2.75) is 13.5 Å². The molecule has 0 radical (unpaired) electrons. The molecule has 2 aromatic carbocycles. The third-order valence-electron chi connectivity index (χ3n) is 5.41. The average molecular weight is 391 g/mol. The van der Waals surface area contributed by atoms with Crippen molar-refractivity contribution < 1.29 is 4.79 Å². The summed E-state index contributed by atoms with van der Waals surface area (Å²) < 4.78 is 1.45. The number of likely N-dealkylation sites (N-methyl/N-ethyl adjacent to an activating group) is 1. The average Bonchev–Trinajstić information content (AvgIpc) is 2.72. The molecule has 1 aromatic heterocycles. The summed E-state index contributed by atoms with van der Waals surface area (Å²) in [4.78, 5) is 33.7. The van der Waals surface area contributed by atoms with Gasteiger partial charge in [0.15, 0.2) is 0 Å². The van der Waals surface area contributed by atoms with Gasteiger partial charge < -0.3 is 15.1 Å². The number of hydrogen-bond donors (Lipinski definition) is 1. The Balaban J connectivity index is 1.49. The molecule has 1 aliphatic rings. The first kappa shape index (κ1) is 19.1. The number of piperazine rings is 1. The molecule has 1 amide bonds. The van der Waals surface area contributed by atoms with E-state index >= 15 is 0 Å². The minimum Gasteiger partial charge on any atom is -0.369 e. The van der Waals surface area contributed by atoms with Crippen molar-refractivity contribution in [1.82, 2.24) is 14.5 Å². The van der Waals surface area contributed by atoms with Gasteiger partial charge in [0.05, 0.1) is 17.2 Å². The van der Waals surface area contributed by atoms with Gasteiger partial charge in [0.2, 0.25) is 5.91 Å². The number of nitrogens with zero attached hydrogens (tertiary/aromatic N) is 4. The Morgan fingerprint density at radius 3 is 2.62 bits per heavy atom. The Morgan fingerprint density at radius 2 is 1.86 bits per heavy atom. The van der Waals surface area contributed by atoms with E-state index in [4.69, 9.17) is 0 Å². The van der Waals surface area contributed by atoms with Crippen LogP contribution in [-0.2, 0) is 11.3 Å². The summed E-state index contributed by atoms with van der Waals surface area (Å²) in [5, 5.41) is 2.94. The maximum absolute atomic E-state index is 12.6. The molecule has 0 saturated carbocycles. The fourth-order valence-corrected chi connectivity index (χ4v) is 3.66. The number of carbonyl (C=O) groups excluding carboxylic acids is 1. The van der Waals surface area contributed by atoms with E-state index < -0.39 is 0 Å². The first-order valence-corrected chi connectivity index (χ1v) is 9.80. The second-order valence-electron chi connectivity index (χ2n) is 7.51. The molecule has 2 heterocycles. The Bertz CT molecular complexity index is 1100. The molecule has 1 N–H and O–H groups in total. The van der Waals surface area contributed by atoms with E-state index in [-0.39, 0.29) is 18.0 Å². The van der Waals surface area contributed by atoms with Gasteiger partial charge in [-0.05, 0) is 49.9 Å². The van der Waals surface area contributed by atoms with Gasteiger partial charge in [0.25, 0.3) is 5.56 Å². The fourth-order valence-electron chi connectivity index (χ4n) is 3.66. The Labute approximate surface area is 169 Å². The van der Waals surface area contributed by atoms with Crippen molar-refractivity contribution in [2.75, 3.05) is 43.4 Å². The highest BCUT2D eigenvalue weighted by atomic mass is 16.2. The zero-order chi connectivity index (χ0) is 20.4. The van der Waals surface area contributed by atoms with Crippen LogP contribution in [0, 0.1) is 6.92 Å². The lowest BCUT2D eigenvalue weighted by molar-refractivity contribution is -0.116. The van der Waals surface area contributed by atoms with Crippen molar-refractivity contribution in [3.05, 3.63) is 64.6 Å². The summed E-state index contributed by atoms with van der Waals surface area (Å²) in [6, 6.07) is 13.4. The number of aryl methyl sites for hydroxylation is 1. The van der Waals surface area contributed by atoms with Gasteiger partial charge in [0, 0.05) is 37.6 Å². The number of anilines is 2. The predicted molar refractivity (Wildman–Crippen MR) is 116 cm³/mol. The van der Waals surface area contributed by atoms with Crippen molar-refractivity contribution in [3.63, 3.8) is 0 Å². The third-order valence-corrected chi connectivity index (χ3v) is 5.41. The van der Waals surface area contributed by atoms with E-state index in [2.05, 4.69) is 33.2 Å². The molecule has 150 valence electrons. The summed E-state index contributed by atoms with van der Waals surface area (Å²) in [6.07, 6.45) is 1.26. The van der Waals surface area contributed by atoms with Crippen LogP contribution in [0.3, 0.4) is 0 Å². The first-order valence-electron chi connectivity index (χ1n) is 9.80. The minimum absolute atomic E-state index is 0.0540. The first-order chi connectivity index (χ1) is 14.0. The van der Waals surface area contributed by atoms with E-state index in [1.165, 1.54) is 16.5 Å². The molecule has 3 aromatic rings. The molecule has 0 aliphatic carbocycles. The zero-order valence-corrected chi connectivity index (χ0v) is 16.8. The Hall–Kier alpha value is -3.19. The van der Waals surface area contributed by atoms with Crippen LogP contribution in [0.1, 0.15) is 5.56 Å². The van der Waals surface area contributed by atoms with Crippen LogP contribution in [0.25, 0.3) is 11.0 Å². The van der Waals surface area contributed by atoms with Gasteiger partial charge >= 0.3 is 0 Å². The number of aromatic nitrogens is 2. The number of para-hydroxylation sites is 2. The standard InChI is InChI=1S/C22H25N5O2/c1-16-13-17(26-11-9-25(2)10-12-26)7-8-18(16)24-21(28)15-27-20-6-4-3-5-19(20)23-14-22(27)29/h3-8,13-14H,9-12,15H2,1-2H3,(H,24,28). The van der Waals surface area contributed by atoms with Crippen molar-refractivity contribution in [2.24, 2.45) is 0 Å². The molecule has 7 heteroatoms. The molecule has 0 spiro atoms. The maximum atomic E-state index is 12.6. The smallest absolute Gasteiger partial charge is 0.269 e. The fraction of sp³-hybridized carbons (Fsp3) is 0.318. The number of carbonyl (C=O) groups is 1. The second-order valence-corrected chi connectivity index (χ2v) is 7.51. The minimum atomic E-state index is -0.291. The topological polar surface area (TPSA) is 70.5 Å². The molecule has 0 atom stereocenters. The third kappa shape index (κ3) is 4.14. The van der Waals surface area contributed by atoms with E-state index in [1.807, 2.05) is 37.3 Å². The van der Waals surface area contributed by atoms with Gasteiger partial charge in [-0.3, -0.25) is 14.2 Å². The molecular formula is C22H25N5O2. The van der Waals surface area contributed by atoms with Crippen molar-refractivity contribution >= 4 is 28.3 Å². The number of rotatable bonds is 4. The van der Waals surface area contributed by atoms with Gasteiger partial charge in [-0.1, -0.05) is 12.1 Å². The van der Waals surface area contributed by atoms with Crippen LogP contribution < -0.4 is 15.8 Å². The van der Waals surface area contributed by atoms with Gasteiger partial charge in [-0.25, -0.2) is 4.98 Å². The number of nitrogens with one attached hydrogen (secondary N) is 1. The van der Waals surface area contributed by atoms with Crippen LogP contribution in [0.4, 0.5) is 11.4 Å². The molecule has 1 fully saturated rings. The van der Waals surface area contributed by atoms with E-state index in [0.29, 0.717) is 11.0 Å². The zero-order valence-electron chi connectivity index (χ0n) is 16.8. The lowest BCUT2D eigenvalue weighted by atomic mass is 10.1. The highest BCUT2D eigenvalue weighted by Crippen LogP contribution is 2.23. The van der Waals surface area contributed by atoms with Gasteiger partial charge in [-0.15, -0.1) is 0 Å². The lowest BCUT2D eigenvalue weighted by Gasteiger charge is -2.34. The summed E-state index contributed by atoms with van der Waals surface area (Å²) in [5.41, 5.74) is 3.98. The highest BCUT2D eigenvalue weighted by molar-refractivity contribution is 5.92. The normalized spacial score (nSPS) is 14.9. The second kappa shape index (κ2) is 8.05. The van der Waals surface area contributed by atoms with E-state index in [1.54, 1.807) is 6.07 Å². The molecular weight excluding hydrogens is 366 g/mol. The van der Waals surface area contributed by atoms with Crippen LogP contribution >= 0.6 is 0 Å². The van der Waals surface area contributed by atoms with Crippen LogP contribution in [-0.4, -0.2) is 53.6 Å². The molecule has 0 unspecified atom stereocenters. The molecule has 0 bridgehead atoms. The van der Waals surface area contributed by atoms with Gasteiger partial charge in [-0.2, -0.15) is 0 Å². The molecule has 7 nitrogen and oxygen atoms in total. The van der Waals surface area contributed by atoms with Crippen molar-refractivity contribution in [3.8, 4) is 0 Å². The molecule has 29 heavy (non-hydrogen) atoms. The van der Waals surface area contributed by atoms with Gasteiger partial charge in [0.1, 0.15) is 6.54 Å². The summed E-state index contributed by atoms with van der Waals surface area (Å²) in [5.74, 6) is -0.237. The van der Waals surface area contributed by atoms with E-state index in [0.717, 1.165) is 37.4 Å². The quantitative estimate of drug-likeness (QED) is 0.738. The molecule has 4 rings (SSSR count). The number of amides is 1. The monoisotopic (exact) mass is 391 g/mol. The lowest BCUT2D eigenvalue weighted by Crippen LogP contribution is -2.44. The van der Waals surface area contributed by atoms with Crippen LogP contribution in [0.5, 0.6) is 0 Å². The summed E-state index contributed by atoms with van der Waals surface area (Å²) >= 11 is 0. The predicted octanol–water partition coefficient (Wildman–Crippen LogP) is 2.10. The number of hydrogen-bond acceptors (Lipinski definition) is 5. The SMILES string of the molecule is Cc1cc(N2CCN(C)CC2)ccc1NC(=O)Cn1c(=O)cnc2ccccc21. The van der Waals surface area contributed by atoms with Crippen LogP contribution in [0.15, 0.2) is 53.5 Å². The Kier molecular flexibility index (Phi) is 5.31. The highest BCUT2D eigenvalue weighted by Gasteiger charge is 2.16. The Morgan fingerprint density at radius 1 is 1.10 bits per heavy atom. The number of fused-ring (bicyclic) bond motifs is 1. The largest absolute Gasteiger partial charge is 0.369 e. The molecule has 1 aliphatic heterocycles. The summed E-state index contributed by atoms with van der Waals surface area (Å²) in [7, 11) is 2.14. The van der Waals surface area contributed by atoms with Crippen LogP contribution in [0.2, 0.25) is 0 Å². The van der Waals surface area contributed by atoms with Crippen molar-refractivity contribution in [1.29, 1.82) is 0 Å².